The van der Waals surface area contributed by atoms with E-state index in [0.717, 1.165) is 18.3 Å². The largest absolute Gasteiger partial charge is 0.497 e. The summed E-state index contributed by atoms with van der Waals surface area (Å²) >= 11 is 0. The van der Waals surface area contributed by atoms with Crippen LogP contribution in [0.1, 0.15) is 46.5 Å². The van der Waals surface area contributed by atoms with Crippen LogP contribution in [0, 0.1) is 17.8 Å². The van der Waals surface area contributed by atoms with Crippen molar-refractivity contribution in [2.75, 3.05) is 20.7 Å². The molecule has 0 aliphatic heterocycles. The lowest BCUT2D eigenvalue weighted by Crippen LogP contribution is -2.38. The molecule has 2 atom stereocenters. The molecule has 0 aromatic rings. The first-order valence-corrected chi connectivity index (χ1v) is 7.41. The van der Waals surface area contributed by atoms with Gasteiger partial charge in [0.25, 0.3) is 0 Å². The van der Waals surface area contributed by atoms with Crippen LogP contribution in [0.3, 0.4) is 0 Å². The van der Waals surface area contributed by atoms with Crippen LogP contribution in [0.4, 0.5) is 0 Å². The summed E-state index contributed by atoms with van der Waals surface area (Å²) in [6, 6.07) is 0.325. The quantitative estimate of drug-likeness (QED) is 0.637. The summed E-state index contributed by atoms with van der Waals surface area (Å²) < 4.78 is 5.98. The van der Waals surface area contributed by atoms with E-state index in [9.17, 15) is 0 Å². The zero-order valence-electron chi connectivity index (χ0n) is 12.9. The van der Waals surface area contributed by atoms with E-state index in [1.807, 2.05) is 0 Å². The number of likely N-dealkylation sites (N-methyl/N-ethyl adjacent to an activating group) is 1. The molecule has 0 N–H and O–H groups in total. The highest BCUT2D eigenvalue weighted by atomic mass is 16.5. The van der Waals surface area contributed by atoms with Crippen molar-refractivity contribution in [1.29, 1.82) is 0 Å². The standard InChI is InChI=1S/C16H31NO/c1-12(2)13(3)16(17(5)6)14(4)18-11-15-9-7-8-10-15/h12-13,15-16H,4,7-11H2,1-3,5-6H3/t13-,16-/m0/s1. The Labute approximate surface area is 113 Å². The number of hydrogen-bond donors (Lipinski definition) is 0. The molecular weight excluding hydrogens is 222 g/mol. The molecule has 0 heterocycles. The minimum atomic E-state index is 0.325. The maximum atomic E-state index is 5.98. The Kier molecular flexibility index (Phi) is 6.20. The molecule has 1 fully saturated rings. The van der Waals surface area contributed by atoms with Crippen molar-refractivity contribution in [3.63, 3.8) is 0 Å². The van der Waals surface area contributed by atoms with Crippen molar-refractivity contribution < 1.29 is 4.74 Å². The Morgan fingerprint density at radius 3 is 2.22 bits per heavy atom. The maximum Gasteiger partial charge on any atom is 0.106 e. The number of rotatable bonds is 7. The molecule has 0 amide bonds. The van der Waals surface area contributed by atoms with E-state index in [2.05, 4.69) is 46.3 Å². The van der Waals surface area contributed by atoms with Gasteiger partial charge in [-0.2, -0.15) is 0 Å². The van der Waals surface area contributed by atoms with Gasteiger partial charge in [0.1, 0.15) is 5.76 Å². The molecule has 18 heavy (non-hydrogen) atoms. The lowest BCUT2D eigenvalue weighted by atomic mass is 9.88. The second-order valence-electron chi connectivity index (χ2n) is 6.44. The number of nitrogens with zero attached hydrogens (tertiary/aromatic N) is 1. The van der Waals surface area contributed by atoms with Gasteiger partial charge < -0.3 is 4.74 Å². The Morgan fingerprint density at radius 1 is 1.22 bits per heavy atom. The lowest BCUT2D eigenvalue weighted by Gasteiger charge is -2.34. The van der Waals surface area contributed by atoms with E-state index in [0.29, 0.717) is 17.9 Å². The summed E-state index contributed by atoms with van der Waals surface area (Å²) in [5, 5.41) is 0. The minimum absolute atomic E-state index is 0.325. The SMILES string of the molecule is C=C(OCC1CCCC1)[C@H]([C@@H](C)C(C)C)N(C)C. The van der Waals surface area contributed by atoms with Crippen LogP contribution in [-0.4, -0.2) is 31.6 Å². The first-order valence-electron chi connectivity index (χ1n) is 7.41. The molecule has 0 saturated heterocycles. The third-order valence-corrected chi connectivity index (χ3v) is 4.41. The molecule has 1 saturated carbocycles. The highest BCUT2D eigenvalue weighted by Gasteiger charge is 2.27. The van der Waals surface area contributed by atoms with Gasteiger partial charge in [0.2, 0.25) is 0 Å². The summed E-state index contributed by atoms with van der Waals surface area (Å²) in [6.07, 6.45) is 5.42. The molecule has 0 aromatic heterocycles. The molecule has 1 aliphatic carbocycles. The third-order valence-electron chi connectivity index (χ3n) is 4.41. The highest BCUT2D eigenvalue weighted by Crippen LogP contribution is 2.28. The number of hydrogen-bond acceptors (Lipinski definition) is 2. The van der Waals surface area contributed by atoms with Crippen LogP contribution in [-0.2, 0) is 4.74 Å². The topological polar surface area (TPSA) is 12.5 Å². The van der Waals surface area contributed by atoms with Crippen LogP contribution in [0.15, 0.2) is 12.3 Å². The fraction of sp³-hybridized carbons (Fsp3) is 0.875. The van der Waals surface area contributed by atoms with Crippen molar-refractivity contribution in [1.82, 2.24) is 4.90 Å². The average Bonchev–Trinajstić information content (AvgIpc) is 2.78. The van der Waals surface area contributed by atoms with Crippen molar-refractivity contribution in [3.05, 3.63) is 12.3 Å². The predicted octanol–water partition coefficient (Wildman–Crippen LogP) is 3.93. The number of ether oxygens (including phenoxy) is 1. The first kappa shape index (κ1) is 15.6. The second kappa shape index (κ2) is 7.18. The molecule has 0 spiro atoms. The van der Waals surface area contributed by atoms with Crippen molar-refractivity contribution in [2.24, 2.45) is 17.8 Å². The van der Waals surface area contributed by atoms with Crippen LogP contribution in [0.25, 0.3) is 0 Å². The summed E-state index contributed by atoms with van der Waals surface area (Å²) in [6.45, 7) is 11.9. The van der Waals surface area contributed by atoms with Gasteiger partial charge in [-0.05, 0) is 44.7 Å². The fourth-order valence-corrected chi connectivity index (χ4v) is 2.90. The van der Waals surface area contributed by atoms with E-state index < -0.39 is 0 Å². The Bertz CT molecular complexity index is 254. The molecule has 0 aromatic carbocycles. The lowest BCUT2D eigenvalue weighted by molar-refractivity contribution is 0.0931. The monoisotopic (exact) mass is 253 g/mol. The fourth-order valence-electron chi connectivity index (χ4n) is 2.90. The summed E-state index contributed by atoms with van der Waals surface area (Å²) in [5.74, 6) is 2.92. The van der Waals surface area contributed by atoms with Gasteiger partial charge in [-0.25, -0.2) is 0 Å². The molecule has 106 valence electrons. The molecule has 0 bridgehead atoms. The molecule has 0 radical (unpaired) electrons. The second-order valence-corrected chi connectivity index (χ2v) is 6.44. The van der Waals surface area contributed by atoms with Crippen molar-refractivity contribution in [2.45, 2.75) is 52.5 Å². The molecular formula is C16H31NO. The van der Waals surface area contributed by atoms with E-state index in [-0.39, 0.29) is 0 Å². The molecule has 2 nitrogen and oxygen atoms in total. The van der Waals surface area contributed by atoms with Crippen molar-refractivity contribution in [3.8, 4) is 0 Å². The first-order chi connectivity index (χ1) is 8.43. The Morgan fingerprint density at radius 2 is 1.78 bits per heavy atom. The zero-order chi connectivity index (χ0) is 13.7. The van der Waals surface area contributed by atoms with Gasteiger partial charge in [-0.3, -0.25) is 4.90 Å². The van der Waals surface area contributed by atoms with Gasteiger partial charge >= 0.3 is 0 Å². The Balaban J connectivity index is 2.48. The highest BCUT2D eigenvalue weighted by molar-refractivity contribution is 5.00. The third kappa shape index (κ3) is 4.31. The normalized spacial score (nSPS) is 20.4. The zero-order valence-corrected chi connectivity index (χ0v) is 12.9. The summed E-state index contributed by atoms with van der Waals surface area (Å²) in [7, 11) is 4.24. The van der Waals surface area contributed by atoms with E-state index in [1.165, 1.54) is 25.7 Å². The smallest absolute Gasteiger partial charge is 0.106 e. The van der Waals surface area contributed by atoms with E-state index in [1.54, 1.807) is 0 Å². The Hall–Kier alpha value is -0.500. The van der Waals surface area contributed by atoms with Crippen LogP contribution in [0.2, 0.25) is 0 Å². The maximum absolute atomic E-state index is 5.98. The van der Waals surface area contributed by atoms with Crippen LogP contribution < -0.4 is 0 Å². The molecule has 2 heteroatoms. The van der Waals surface area contributed by atoms with Gasteiger partial charge in [0.15, 0.2) is 0 Å². The van der Waals surface area contributed by atoms with Crippen LogP contribution >= 0.6 is 0 Å². The average molecular weight is 253 g/mol. The molecule has 1 rings (SSSR count). The summed E-state index contributed by atoms with van der Waals surface area (Å²) in [5.41, 5.74) is 0. The van der Waals surface area contributed by atoms with E-state index in [4.69, 9.17) is 4.74 Å². The van der Waals surface area contributed by atoms with Crippen LogP contribution in [0.5, 0.6) is 0 Å². The van der Waals surface area contributed by atoms with Gasteiger partial charge in [0.05, 0.1) is 12.6 Å². The van der Waals surface area contributed by atoms with E-state index >= 15 is 0 Å². The minimum Gasteiger partial charge on any atom is -0.497 e. The molecule has 1 aliphatic rings. The molecule has 0 unspecified atom stereocenters. The summed E-state index contributed by atoms with van der Waals surface area (Å²) in [4.78, 5) is 2.24. The van der Waals surface area contributed by atoms with Gasteiger partial charge in [-0.1, -0.05) is 40.2 Å². The van der Waals surface area contributed by atoms with Gasteiger partial charge in [-0.15, -0.1) is 0 Å². The predicted molar refractivity (Wildman–Crippen MR) is 78.5 cm³/mol. The van der Waals surface area contributed by atoms with Gasteiger partial charge in [0, 0.05) is 0 Å². The van der Waals surface area contributed by atoms with Crippen molar-refractivity contribution >= 4 is 0 Å².